The molecule has 0 saturated heterocycles. The first-order valence-electron chi connectivity index (χ1n) is 6.96. The Kier molecular flexibility index (Phi) is 5.17. The molecule has 0 aliphatic rings. The summed E-state index contributed by atoms with van der Waals surface area (Å²) in [6.45, 7) is 5.64. The summed E-state index contributed by atoms with van der Waals surface area (Å²) >= 11 is 1.78. The van der Waals surface area contributed by atoms with Crippen molar-refractivity contribution in [1.29, 1.82) is 0 Å². The number of benzene rings is 1. The zero-order chi connectivity index (χ0) is 13.6. The Labute approximate surface area is 120 Å². The van der Waals surface area contributed by atoms with E-state index in [2.05, 4.69) is 66.3 Å². The van der Waals surface area contributed by atoms with Gasteiger partial charge in [0, 0.05) is 5.54 Å². The average molecular weight is 273 g/mol. The van der Waals surface area contributed by atoms with Crippen molar-refractivity contribution < 1.29 is 0 Å². The van der Waals surface area contributed by atoms with Gasteiger partial charge >= 0.3 is 0 Å². The molecular formula is C17H23NS. The summed E-state index contributed by atoms with van der Waals surface area (Å²) in [6.07, 6.45) is 3.43. The summed E-state index contributed by atoms with van der Waals surface area (Å²) in [5, 5.41) is 8.06. The largest absolute Gasteiger partial charge is 0.311 e. The molecule has 1 nitrogen and oxygen atoms in total. The Morgan fingerprint density at radius 2 is 1.79 bits per heavy atom. The van der Waals surface area contributed by atoms with Crippen LogP contribution < -0.4 is 5.32 Å². The Morgan fingerprint density at radius 3 is 2.47 bits per heavy atom. The standard InChI is InChI=1S/C17H23NS/c1-17(2,11-8-15-6-4-3-5-7-15)18-12-9-16-10-13-19-14-16/h3-7,10,13-14,18H,8-9,11-12H2,1-2H3. The molecule has 2 heteroatoms. The highest BCUT2D eigenvalue weighted by Gasteiger charge is 2.16. The predicted octanol–water partition coefficient (Wildman–Crippen LogP) is 4.29. The minimum absolute atomic E-state index is 0.200. The molecule has 0 unspecified atom stereocenters. The first kappa shape index (κ1) is 14.3. The molecule has 0 bridgehead atoms. The minimum atomic E-state index is 0.200. The summed E-state index contributed by atoms with van der Waals surface area (Å²) in [5.41, 5.74) is 3.07. The monoisotopic (exact) mass is 273 g/mol. The van der Waals surface area contributed by atoms with E-state index in [4.69, 9.17) is 0 Å². The Balaban J connectivity index is 1.72. The second kappa shape index (κ2) is 6.88. The normalized spacial score (nSPS) is 11.7. The first-order valence-corrected chi connectivity index (χ1v) is 7.90. The topological polar surface area (TPSA) is 12.0 Å². The van der Waals surface area contributed by atoms with Crippen LogP contribution >= 0.6 is 11.3 Å². The number of hydrogen-bond acceptors (Lipinski definition) is 2. The van der Waals surface area contributed by atoms with Crippen LogP contribution in [0.15, 0.2) is 47.2 Å². The van der Waals surface area contributed by atoms with Gasteiger partial charge in [-0.25, -0.2) is 0 Å². The summed E-state index contributed by atoms with van der Waals surface area (Å²) in [7, 11) is 0. The third kappa shape index (κ3) is 5.17. The molecule has 0 aliphatic heterocycles. The average Bonchev–Trinajstić information content (AvgIpc) is 2.91. The number of thiophene rings is 1. The van der Waals surface area contributed by atoms with Crippen molar-refractivity contribution >= 4 is 11.3 Å². The molecule has 0 spiro atoms. The van der Waals surface area contributed by atoms with E-state index in [9.17, 15) is 0 Å². The van der Waals surface area contributed by atoms with Crippen LogP contribution in [0.4, 0.5) is 0 Å². The van der Waals surface area contributed by atoms with Gasteiger partial charge in [0.15, 0.2) is 0 Å². The Hall–Kier alpha value is -1.12. The molecule has 1 aromatic carbocycles. The molecule has 0 fully saturated rings. The summed E-state index contributed by atoms with van der Waals surface area (Å²) in [5.74, 6) is 0. The van der Waals surface area contributed by atoms with Gasteiger partial charge in [0.1, 0.15) is 0 Å². The molecule has 0 amide bonds. The summed E-state index contributed by atoms with van der Waals surface area (Å²) in [4.78, 5) is 0. The lowest BCUT2D eigenvalue weighted by molar-refractivity contribution is 0.365. The van der Waals surface area contributed by atoms with Crippen LogP contribution in [-0.2, 0) is 12.8 Å². The minimum Gasteiger partial charge on any atom is -0.311 e. The van der Waals surface area contributed by atoms with Gasteiger partial charge in [-0.05, 0) is 67.6 Å². The maximum absolute atomic E-state index is 3.67. The SMILES string of the molecule is CC(C)(CCc1ccccc1)NCCc1ccsc1. The van der Waals surface area contributed by atoms with Crippen molar-refractivity contribution in [3.63, 3.8) is 0 Å². The van der Waals surface area contributed by atoms with E-state index in [1.165, 1.54) is 17.5 Å². The van der Waals surface area contributed by atoms with Gasteiger partial charge in [0.05, 0.1) is 0 Å². The van der Waals surface area contributed by atoms with Gasteiger partial charge in [-0.1, -0.05) is 30.3 Å². The Morgan fingerprint density at radius 1 is 1.00 bits per heavy atom. The highest BCUT2D eigenvalue weighted by molar-refractivity contribution is 7.07. The van der Waals surface area contributed by atoms with E-state index >= 15 is 0 Å². The van der Waals surface area contributed by atoms with Crippen LogP contribution in [0.3, 0.4) is 0 Å². The molecule has 2 aromatic rings. The molecule has 2 rings (SSSR count). The fraction of sp³-hybridized carbons (Fsp3) is 0.412. The van der Waals surface area contributed by atoms with Crippen LogP contribution in [0.25, 0.3) is 0 Å². The van der Waals surface area contributed by atoms with Crippen LogP contribution in [0, 0.1) is 0 Å². The Bertz CT molecular complexity index is 459. The van der Waals surface area contributed by atoms with Crippen LogP contribution in [0.2, 0.25) is 0 Å². The van der Waals surface area contributed by atoms with Gasteiger partial charge in [0.25, 0.3) is 0 Å². The highest BCUT2D eigenvalue weighted by atomic mass is 32.1. The molecule has 0 radical (unpaired) electrons. The molecule has 102 valence electrons. The molecule has 19 heavy (non-hydrogen) atoms. The fourth-order valence-corrected chi connectivity index (χ4v) is 2.87. The van der Waals surface area contributed by atoms with E-state index < -0.39 is 0 Å². The second-order valence-corrected chi connectivity index (χ2v) is 6.46. The van der Waals surface area contributed by atoms with Crippen LogP contribution in [-0.4, -0.2) is 12.1 Å². The number of nitrogens with one attached hydrogen (secondary N) is 1. The van der Waals surface area contributed by atoms with Crippen molar-refractivity contribution in [1.82, 2.24) is 5.32 Å². The van der Waals surface area contributed by atoms with Gasteiger partial charge in [0.2, 0.25) is 0 Å². The maximum Gasteiger partial charge on any atom is 0.0128 e. The summed E-state index contributed by atoms with van der Waals surface area (Å²) < 4.78 is 0. The zero-order valence-corrected chi connectivity index (χ0v) is 12.7. The van der Waals surface area contributed by atoms with Crippen LogP contribution in [0.1, 0.15) is 31.4 Å². The smallest absolute Gasteiger partial charge is 0.0128 e. The number of hydrogen-bond donors (Lipinski definition) is 1. The molecule has 1 N–H and O–H groups in total. The predicted molar refractivity (Wildman–Crippen MR) is 84.9 cm³/mol. The first-order chi connectivity index (χ1) is 9.16. The van der Waals surface area contributed by atoms with E-state index in [0.717, 1.165) is 19.4 Å². The van der Waals surface area contributed by atoms with Crippen molar-refractivity contribution in [3.8, 4) is 0 Å². The molecule has 0 saturated carbocycles. The number of rotatable bonds is 7. The lowest BCUT2D eigenvalue weighted by Crippen LogP contribution is -2.40. The van der Waals surface area contributed by atoms with Gasteiger partial charge in [-0.3, -0.25) is 0 Å². The van der Waals surface area contributed by atoms with Crippen molar-refractivity contribution in [2.75, 3.05) is 6.54 Å². The van der Waals surface area contributed by atoms with Gasteiger partial charge in [-0.15, -0.1) is 0 Å². The highest BCUT2D eigenvalue weighted by Crippen LogP contribution is 2.14. The molecule has 0 atom stereocenters. The van der Waals surface area contributed by atoms with E-state index in [1.807, 2.05) is 0 Å². The van der Waals surface area contributed by atoms with Crippen molar-refractivity contribution in [2.24, 2.45) is 0 Å². The summed E-state index contributed by atoms with van der Waals surface area (Å²) in [6, 6.07) is 12.9. The van der Waals surface area contributed by atoms with Crippen molar-refractivity contribution in [2.45, 2.75) is 38.6 Å². The number of aryl methyl sites for hydroxylation is 1. The van der Waals surface area contributed by atoms with E-state index in [1.54, 1.807) is 11.3 Å². The fourth-order valence-electron chi connectivity index (χ4n) is 2.17. The van der Waals surface area contributed by atoms with Gasteiger partial charge < -0.3 is 5.32 Å². The quantitative estimate of drug-likeness (QED) is 0.793. The molecule has 0 aliphatic carbocycles. The lowest BCUT2D eigenvalue weighted by Gasteiger charge is -2.26. The van der Waals surface area contributed by atoms with Gasteiger partial charge in [-0.2, -0.15) is 11.3 Å². The van der Waals surface area contributed by atoms with Crippen LogP contribution in [0.5, 0.6) is 0 Å². The van der Waals surface area contributed by atoms with E-state index in [0.29, 0.717) is 0 Å². The second-order valence-electron chi connectivity index (χ2n) is 5.68. The van der Waals surface area contributed by atoms with Crippen molar-refractivity contribution in [3.05, 3.63) is 58.3 Å². The molecule has 1 aromatic heterocycles. The molecule has 1 heterocycles. The molecular weight excluding hydrogens is 250 g/mol. The van der Waals surface area contributed by atoms with E-state index in [-0.39, 0.29) is 5.54 Å². The zero-order valence-electron chi connectivity index (χ0n) is 11.9. The maximum atomic E-state index is 3.67. The lowest BCUT2D eigenvalue weighted by atomic mass is 9.95. The third-order valence-electron chi connectivity index (χ3n) is 3.48. The third-order valence-corrected chi connectivity index (χ3v) is 4.21.